The Balaban J connectivity index is 1.69. The number of ether oxygens (including phenoxy) is 3. The maximum absolute atomic E-state index is 12.7. The van der Waals surface area contributed by atoms with Crippen LogP contribution in [0, 0.1) is 0 Å². The lowest BCUT2D eigenvalue weighted by molar-refractivity contribution is -0.141. The molecule has 0 saturated heterocycles. The van der Waals surface area contributed by atoms with E-state index < -0.39 is 12.1 Å². The van der Waals surface area contributed by atoms with Gasteiger partial charge in [-0.3, -0.25) is 14.4 Å². The van der Waals surface area contributed by atoms with E-state index in [0.717, 1.165) is 5.75 Å². The Morgan fingerprint density at radius 1 is 1.13 bits per heavy atom. The van der Waals surface area contributed by atoms with Gasteiger partial charge in [0.15, 0.2) is 6.10 Å². The summed E-state index contributed by atoms with van der Waals surface area (Å²) in [5.41, 5.74) is 1.06. The summed E-state index contributed by atoms with van der Waals surface area (Å²) in [7, 11) is 1.28. The van der Waals surface area contributed by atoms with Gasteiger partial charge in [0.05, 0.1) is 25.8 Å². The van der Waals surface area contributed by atoms with E-state index in [1.807, 2.05) is 30.3 Å². The molecule has 2 aromatic rings. The van der Waals surface area contributed by atoms with Crippen LogP contribution < -0.4 is 19.7 Å². The zero-order valence-corrected chi connectivity index (χ0v) is 16.9. The van der Waals surface area contributed by atoms with Crippen molar-refractivity contribution in [2.45, 2.75) is 25.9 Å². The van der Waals surface area contributed by atoms with E-state index in [9.17, 15) is 14.4 Å². The first-order valence-electron chi connectivity index (χ1n) is 9.64. The van der Waals surface area contributed by atoms with Crippen molar-refractivity contribution in [3.63, 3.8) is 0 Å². The smallest absolute Gasteiger partial charge is 0.306 e. The number of carbonyl (C=O) groups excluding carboxylic acids is 3. The number of nitrogens with one attached hydrogen (secondary N) is 1. The van der Waals surface area contributed by atoms with E-state index in [-0.39, 0.29) is 24.7 Å². The molecule has 8 heteroatoms. The Hall–Kier alpha value is -3.55. The maximum Gasteiger partial charge on any atom is 0.306 e. The second-order valence-electron chi connectivity index (χ2n) is 6.72. The molecule has 1 aliphatic heterocycles. The zero-order valence-electron chi connectivity index (χ0n) is 16.9. The normalized spacial score (nSPS) is 15.1. The van der Waals surface area contributed by atoms with Gasteiger partial charge in [0.2, 0.25) is 5.91 Å². The Labute approximate surface area is 174 Å². The Kier molecular flexibility index (Phi) is 6.90. The fourth-order valence-electron chi connectivity index (χ4n) is 3.03. The first kappa shape index (κ1) is 21.2. The van der Waals surface area contributed by atoms with Crippen LogP contribution in [0.3, 0.4) is 0 Å². The summed E-state index contributed by atoms with van der Waals surface area (Å²) >= 11 is 0. The van der Waals surface area contributed by atoms with E-state index >= 15 is 0 Å². The van der Waals surface area contributed by atoms with E-state index in [2.05, 4.69) is 10.1 Å². The summed E-state index contributed by atoms with van der Waals surface area (Å²) in [4.78, 5) is 37.6. The van der Waals surface area contributed by atoms with Crippen LogP contribution in [0.15, 0.2) is 48.5 Å². The molecule has 1 unspecified atom stereocenters. The molecular weight excluding hydrogens is 388 g/mol. The molecule has 1 aliphatic rings. The Bertz CT molecular complexity index is 915. The number of amides is 2. The van der Waals surface area contributed by atoms with Crippen molar-refractivity contribution in [3.05, 3.63) is 48.5 Å². The summed E-state index contributed by atoms with van der Waals surface area (Å²) in [6.45, 7) is 2.32. The number of fused-ring (bicyclic) bond motifs is 1. The number of hydrogen-bond donors (Lipinski definition) is 1. The summed E-state index contributed by atoms with van der Waals surface area (Å²) in [6, 6.07) is 14.4. The van der Waals surface area contributed by atoms with Gasteiger partial charge in [-0.1, -0.05) is 18.2 Å². The van der Waals surface area contributed by atoms with E-state index in [0.29, 0.717) is 30.3 Å². The SMILES string of the molecule is COC(=O)CCC(=O)Nc1ccc2c(c1)N(CCOc1ccccc1)C(=O)C(C)O2. The molecule has 8 nitrogen and oxygen atoms in total. The number of rotatable bonds is 8. The Morgan fingerprint density at radius 3 is 2.63 bits per heavy atom. The second-order valence-corrected chi connectivity index (χ2v) is 6.72. The van der Waals surface area contributed by atoms with Gasteiger partial charge in [-0.05, 0) is 37.3 Å². The van der Waals surface area contributed by atoms with Crippen molar-refractivity contribution < 1.29 is 28.6 Å². The quantitative estimate of drug-likeness (QED) is 0.670. The molecule has 0 aliphatic carbocycles. The molecule has 2 amide bonds. The van der Waals surface area contributed by atoms with Crippen LogP contribution in [0.1, 0.15) is 19.8 Å². The number of anilines is 2. The number of benzene rings is 2. The minimum Gasteiger partial charge on any atom is -0.492 e. The number of methoxy groups -OCH3 is 1. The molecule has 0 aromatic heterocycles. The molecule has 1 heterocycles. The summed E-state index contributed by atoms with van der Waals surface area (Å²) in [5.74, 6) is 0.310. The van der Waals surface area contributed by atoms with Crippen molar-refractivity contribution in [2.24, 2.45) is 0 Å². The van der Waals surface area contributed by atoms with Crippen LogP contribution in [-0.2, 0) is 19.1 Å². The fourth-order valence-corrected chi connectivity index (χ4v) is 3.03. The molecule has 158 valence electrons. The standard InChI is InChI=1S/C22H24N2O6/c1-15-22(27)24(12-13-29-17-6-4-3-5-7-17)18-14-16(8-9-19(18)30-15)23-20(25)10-11-21(26)28-2/h3-9,14-15H,10-13H2,1-2H3,(H,23,25). The van der Waals surface area contributed by atoms with Crippen molar-refractivity contribution in [3.8, 4) is 11.5 Å². The number of hydrogen-bond acceptors (Lipinski definition) is 6. The number of nitrogens with zero attached hydrogens (tertiary/aromatic N) is 1. The lowest BCUT2D eigenvalue weighted by atomic mass is 10.1. The maximum atomic E-state index is 12.7. The lowest BCUT2D eigenvalue weighted by Gasteiger charge is -2.33. The van der Waals surface area contributed by atoms with E-state index in [1.54, 1.807) is 30.0 Å². The molecular formula is C22H24N2O6. The summed E-state index contributed by atoms with van der Waals surface area (Å²) in [6.07, 6.45) is -0.616. The predicted octanol–water partition coefficient (Wildman–Crippen LogP) is 2.77. The molecule has 0 bridgehead atoms. The van der Waals surface area contributed by atoms with Gasteiger partial charge in [-0.25, -0.2) is 0 Å². The van der Waals surface area contributed by atoms with Crippen LogP contribution >= 0.6 is 0 Å². The van der Waals surface area contributed by atoms with Gasteiger partial charge >= 0.3 is 5.97 Å². The van der Waals surface area contributed by atoms with Crippen molar-refractivity contribution in [1.29, 1.82) is 0 Å². The topological polar surface area (TPSA) is 94.2 Å². The van der Waals surface area contributed by atoms with Gasteiger partial charge in [0.1, 0.15) is 18.1 Å². The molecule has 30 heavy (non-hydrogen) atoms. The van der Waals surface area contributed by atoms with E-state index in [1.165, 1.54) is 7.11 Å². The van der Waals surface area contributed by atoms with Gasteiger partial charge in [-0.2, -0.15) is 0 Å². The number of para-hydroxylation sites is 1. The van der Waals surface area contributed by atoms with Crippen molar-refractivity contribution in [1.82, 2.24) is 0 Å². The highest BCUT2D eigenvalue weighted by Crippen LogP contribution is 2.36. The third-order valence-electron chi connectivity index (χ3n) is 4.56. The van der Waals surface area contributed by atoms with Gasteiger partial charge in [0, 0.05) is 12.1 Å². The number of esters is 1. The van der Waals surface area contributed by atoms with Crippen LogP contribution in [0.5, 0.6) is 11.5 Å². The highest BCUT2D eigenvalue weighted by Gasteiger charge is 2.31. The lowest BCUT2D eigenvalue weighted by Crippen LogP contribution is -2.46. The minimum atomic E-state index is -0.616. The van der Waals surface area contributed by atoms with Gasteiger partial charge in [-0.15, -0.1) is 0 Å². The summed E-state index contributed by atoms with van der Waals surface area (Å²) < 4.78 is 15.9. The third-order valence-corrected chi connectivity index (χ3v) is 4.56. The highest BCUT2D eigenvalue weighted by atomic mass is 16.5. The van der Waals surface area contributed by atoms with Gasteiger partial charge < -0.3 is 24.4 Å². The number of carbonyl (C=O) groups is 3. The van der Waals surface area contributed by atoms with Crippen LogP contribution in [0.25, 0.3) is 0 Å². The van der Waals surface area contributed by atoms with Crippen LogP contribution in [0.4, 0.5) is 11.4 Å². The largest absolute Gasteiger partial charge is 0.492 e. The highest BCUT2D eigenvalue weighted by molar-refractivity contribution is 6.01. The average molecular weight is 412 g/mol. The van der Waals surface area contributed by atoms with Crippen molar-refractivity contribution in [2.75, 3.05) is 30.5 Å². The van der Waals surface area contributed by atoms with Crippen LogP contribution in [-0.4, -0.2) is 44.1 Å². The molecule has 2 aromatic carbocycles. The van der Waals surface area contributed by atoms with Crippen LogP contribution in [0.2, 0.25) is 0 Å². The van der Waals surface area contributed by atoms with Crippen molar-refractivity contribution >= 4 is 29.2 Å². The second kappa shape index (κ2) is 9.78. The average Bonchev–Trinajstić information content (AvgIpc) is 2.75. The first-order chi connectivity index (χ1) is 14.5. The predicted molar refractivity (Wildman–Crippen MR) is 111 cm³/mol. The van der Waals surface area contributed by atoms with Gasteiger partial charge in [0.25, 0.3) is 5.91 Å². The molecule has 1 N–H and O–H groups in total. The third kappa shape index (κ3) is 5.28. The molecule has 0 fully saturated rings. The molecule has 3 rings (SSSR count). The fraction of sp³-hybridized carbons (Fsp3) is 0.318. The molecule has 0 radical (unpaired) electrons. The molecule has 1 atom stereocenters. The monoisotopic (exact) mass is 412 g/mol. The first-order valence-corrected chi connectivity index (χ1v) is 9.64. The molecule has 0 saturated carbocycles. The minimum absolute atomic E-state index is 0.00463. The molecule has 0 spiro atoms. The van der Waals surface area contributed by atoms with E-state index in [4.69, 9.17) is 9.47 Å². The Morgan fingerprint density at radius 2 is 1.90 bits per heavy atom. The summed E-state index contributed by atoms with van der Waals surface area (Å²) in [5, 5.41) is 2.73. The zero-order chi connectivity index (χ0) is 21.5.